The Balaban J connectivity index is 2.03. The van der Waals surface area contributed by atoms with Gasteiger partial charge in [-0.05, 0) is 35.0 Å². The highest BCUT2D eigenvalue weighted by molar-refractivity contribution is 9.10. The minimum absolute atomic E-state index is 0.840. The Hall–Kier alpha value is -1.80. The van der Waals surface area contributed by atoms with Gasteiger partial charge < -0.3 is 4.74 Å². The number of rotatable bonds is 2. The molecule has 88 valence electrons. The summed E-state index contributed by atoms with van der Waals surface area (Å²) >= 11 is 3.58. The van der Waals surface area contributed by atoms with Crippen LogP contribution in [0.1, 0.15) is 0 Å². The van der Waals surface area contributed by atoms with Gasteiger partial charge in [-0.2, -0.15) is 0 Å². The van der Waals surface area contributed by atoms with Crippen LogP contribution in [0.2, 0.25) is 0 Å². The Bertz CT molecular complexity index is 677. The van der Waals surface area contributed by atoms with E-state index in [0.717, 1.165) is 21.4 Å². The lowest BCUT2D eigenvalue weighted by Crippen LogP contribution is -1.84. The number of ether oxygens (including phenoxy) is 1. The predicted octanol–water partition coefficient (Wildman–Crippen LogP) is 5.39. The minimum atomic E-state index is 0.840. The van der Waals surface area contributed by atoms with E-state index >= 15 is 0 Å². The van der Waals surface area contributed by atoms with Crippen molar-refractivity contribution in [2.75, 3.05) is 0 Å². The molecule has 0 heterocycles. The zero-order valence-corrected chi connectivity index (χ0v) is 11.2. The largest absolute Gasteiger partial charge is 0.457 e. The van der Waals surface area contributed by atoms with Gasteiger partial charge in [-0.15, -0.1) is 0 Å². The number of hydrogen-bond acceptors (Lipinski definition) is 1. The molecule has 0 spiro atoms. The molecule has 3 aromatic carbocycles. The third kappa shape index (κ3) is 2.24. The Labute approximate surface area is 114 Å². The van der Waals surface area contributed by atoms with Gasteiger partial charge in [0.05, 0.1) is 0 Å². The topological polar surface area (TPSA) is 9.23 Å². The molecule has 18 heavy (non-hydrogen) atoms. The fourth-order valence-corrected chi connectivity index (χ4v) is 2.51. The van der Waals surface area contributed by atoms with E-state index in [-0.39, 0.29) is 0 Å². The highest BCUT2D eigenvalue weighted by Crippen LogP contribution is 2.31. The summed E-state index contributed by atoms with van der Waals surface area (Å²) in [5, 5.41) is 2.36. The van der Waals surface area contributed by atoms with Crippen LogP contribution in [0.15, 0.2) is 71.2 Å². The molecule has 0 saturated carbocycles. The van der Waals surface area contributed by atoms with Crippen LogP contribution < -0.4 is 4.74 Å². The molecule has 0 amide bonds. The first-order valence-corrected chi connectivity index (χ1v) is 6.53. The molecule has 0 fully saturated rings. The van der Waals surface area contributed by atoms with E-state index in [1.165, 1.54) is 5.39 Å². The molecule has 0 bridgehead atoms. The molecule has 2 heteroatoms. The molecule has 0 aromatic heterocycles. The molecule has 0 radical (unpaired) electrons. The summed E-state index contributed by atoms with van der Waals surface area (Å²) in [5.41, 5.74) is 0. The normalized spacial score (nSPS) is 10.5. The van der Waals surface area contributed by atoms with E-state index in [1.54, 1.807) is 0 Å². The van der Waals surface area contributed by atoms with Crippen molar-refractivity contribution in [1.82, 2.24) is 0 Å². The van der Waals surface area contributed by atoms with E-state index < -0.39 is 0 Å². The summed E-state index contributed by atoms with van der Waals surface area (Å²) < 4.78 is 6.88. The fraction of sp³-hybridized carbons (Fsp3) is 0. The Morgan fingerprint density at radius 1 is 0.722 bits per heavy atom. The molecule has 0 aliphatic carbocycles. The minimum Gasteiger partial charge on any atom is -0.457 e. The van der Waals surface area contributed by atoms with Crippen LogP contribution in [0.3, 0.4) is 0 Å². The molecular weight excluding hydrogens is 288 g/mol. The molecule has 0 aliphatic rings. The summed E-state index contributed by atoms with van der Waals surface area (Å²) in [7, 11) is 0. The van der Waals surface area contributed by atoms with Crippen molar-refractivity contribution in [3.63, 3.8) is 0 Å². The molecule has 1 nitrogen and oxygen atoms in total. The van der Waals surface area contributed by atoms with Crippen LogP contribution in [0.5, 0.6) is 11.5 Å². The van der Waals surface area contributed by atoms with Gasteiger partial charge in [0.15, 0.2) is 0 Å². The van der Waals surface area contributed by atoms with Gasteiger partial charge in [-0.25, -0.2) is 0 Å². The van der Waals surface area contributed by atoms with E-state index in [0.29, 0.717) is 0 Å². The average molecular weight is 299 g/mol. The van der Waals surface area contributed by atoms with Crippen molar-refractivity contribution >= 4 is 26.7 Å². The second-order valence-corrected chi connectivity index (χ2v) is 4.90. The summed E-state index contributed by atoms with van der Waals surface area (Å²) in [6, 6.07) is 22.1. The Morgan fingerprint density at radius 2 is 1.44 bits per heavy atom. The summed E-state index contributed by atoms with van der Waals surface area (Å²) in [6.07, 6.45) is 0. The standard InChI is InChI=1S/C16H11BrO/c17-16-11-14(18-13-7-2-1-3-8-13)10-12-6-4-5-9-15(12)16/h1-11H. The molecule has 3 rings (SSSR count). The zero-order valence-electron chi connectivity index (χ0n) is 9.64. The molecule has 0 atom stereocenters. The monoisotopic (exact) mass is 298 g/mol. The van der Waals surface area contributed by atoms with Gasteiger partial charge in [-0.1, -0.05) is 58.4 Å². The average Bonchev–Trinajstić information content (AvgIpc) is 2.40. The van der Waals surface area contributed by atoms with Gasteiger partial charge in [0, 0.05) is 4.47 Å². The molecule has 3 aromatic rings. The van der Waals surface area contributed by atoms with Crippen LogP contribution in [-0.4, -0.2) is 0 Å². The molecule has 0 N–H and O–H groups in total. The first kappa shape index (κ1) is 11.3. The fourth-order valence-electron chi connectivity index (χ4n) is 1.92. The number of benzene rings is 3. The molecule has 0 saturated heterocycles. The van der Waals surface area contributed by atoms with E-state index in [1.807, 2.05) is 54.6 Å². The van der Waals surface area contributed by atoms with E-state index in [9.17, 15) is 0 Å². The maximum absolute atomic E-state index is 5.84. The van der Waals surface area contributed by atoms with Crippen molar-refractivity contribution in [3.05, 3.63) is 71.2 Å². The van der Waals surface area contributed by atoms with Crippen LogP contribution in [-0.2, 0) is 0 Å². The number of halogens is 1. The smallest absolute Gasteiger partial charge is 0.129 e. The summed E-state index contributed by atoms with van der Waals surface area (Å²) in [4.78, 5) is 0. The lowest BCUT2D eigenvalue weighted by molar-refractivity contribution is 0.483. The first-order valence-electron chi connectivity index (χ1n) is 5.74. The summed E-state index contributed by atoms with van der Waals surface area (Å²) in [5.74, 6) is 1.69. The van der Waals surface area contributed by atoms with Crippen molar-refractivity contribution in [3.8, 4) is 11.5 Å². The van der Waals surface area contributed by atoms with E-state index in [4.69, 9.17) is 4.74 Å². The van der Waals surface area contributed by atoms with Gasteiger partial charge in [-0.3, -0.25) is 0 Å². The SMILES string of the molecule is Brc1cc(Oc2ccccc2)cc2ccccc12. The zero-order chi connectivity index (χ0) is 12.4. The number of hydrogen-bond donors (Lipinski definition) is 0. The first-order chi connectivity index (χ1) is 8.83. The van der Waals surface area contributed by atoms with Crippen molar-refractivity contribution in [2.45, 2.75) is 0 Å². The lowest BCUT2D eigenvalue weighted by Gasteiger charge is -2.08. The lowest BCUT2D eigenvalue weighted by atomic mass is 10.1. The van der Waals surface area contributed by atoms with Crippen molar-refractivity contribution in [1.29, 1.82) is 0 Å². The quantitative estimate of drug-likeness (QED) is 0.616. The van der Waals surface area contributed by atoms with Crippen molar-refractivity contribution in [2.24, 2.45) is 0 Å². The van der Waals surface area contributed by atoms with Gasteiger partial charge in [0.25, 0.3) is 0 Å². The molecule has 0 aliphatic heterocycles. The third-order valence-electron chi connectivity index (χ3n) is 2.76. The van der Waals surface area contributed by atoms with Gasteiger partial charge in [0.1, 0.15) is 11.5 Å². The van der Waals surface area contributed by atoms with Gasteiger partial charge in [0.2, 0.25) is 0 Å². The molecule has 0 unspecified atom stereocenters. The van der Waals surface area contributed by atoms with E-state index in [2.05, 4.69) is 28.1 Å². The highest BCUT2D eigenvalue weighted by Gasteiger charge is 2.03. The van der Waals surface area contributed by atoms with Crippen LogP contribution >= 0.6 is 15.9 Å². The maximum atomic E-state index is 5.84. The molecular formula is C16H11BrO. The number of para-hydroxylation sites is 1. The summed E-state index contributed by atoms with van der Waals surface area (Å²) in [6.45, 7) is 0. The second kappa shape index (κ2) is 4.83. The maximum Gasteiger partial charge on any atom is 0.129 e. The van der Waals surface area contributed by atoms with Crippen LogP contribution in [0.25, 0.3) is 10.8 Å². The third-order valence-corrected chi connectivity index (χ3v) is 3.42. The Morgan fingerprint density at radius 3 is 2.28 bits per heavy atom. The van der Waals surface area contributed by atoms with Gasteiger partial charge >= 0.3 is 0 Å². The second-order valence-electron chi connectivity index (χ2n) is 4.04. The highest BCUT2D eigenvalue weighted by atomic mass is 79.9. The van der Waals surface area contributed by atoms with Crippen LogP contribution in [0.4, 0.5) is 0 Å². The van der Waals surface area contributed by atoms with Crippen molar-refractivity contribution < 1.29 is 4.74 Å². The number of fused-ring (bicyclic) bond motifs is 1. The predicted molar refractivity (Wildman–Crippen MR) is 78.2 cm³/mol. The Kier molecular flexibility index (Phi) is 3.03. The van der Waals surface area contributed by atoms with Crippen LogP contribution in [0, 0.1) is 0 Å².